The Kier molecular flexibility index (Phi) is 4.53. The summed E-state index contributed by atoms with van der Waals surface area (Å²) in [6, 6.07) is 3.82. The van der Waals surface area contributed by atoms with E-state index in [-0.39, 0.29) is 5.91 Å². The highest BCUT2D eigenvalue weighted by Gasteiger charge is 2.26. The summed E-state index contributed by atoms with van der Waals surface area (Å²) in [7, 11) is 3.29. The lowest BCUT2D eigenvalue weighted by Gasteiger charge is -2.31. The van der Waals surface area contributed by atoms with Gasteiger partial charge in [-0.25, -0.2) is 0 Å². The largest absolute Gasteiger partial charge is 0.497 e. The van der Waals surface area contributed by atoms with E-state index in [1.54, 1.807) is 14.2 Å². The van der Waals surface area contributed by atoms with Gasteiger partial charge in [-0.05, 0) is 18.8 Å². The molecule has 1 aliphatic heterocycles. The van der Waals surface area contributed by atoms with E-state index < -0.39 is 0 Å². The average molecular weight is 277 g/mol. The Morgan fingerprint density at radius 1 is 1.30 bits per heavy atom. The zero-order valence-electron chi connectivity index (χ0n) is 12.7. The molecule has 0 bridgehead atoms. The van der Waals surface area contributed by atoms with Gasteiger partial charge in [0.25, 0.3) is 0 Å². The molecule has 1 amide bonds. The fourth-order valence-electron chi connectivity index (χ4n) is 2.65. The maximum Gasteiger partial charge on any atom is 0.227 e. The number of hydrogen-bond donors (Lipinski definition) is 0. The second-order valence-electron chi connectivity index (χ2n) is 5.57. The third kappa shape index (κ3) is 2.89. The number of nitrogens with zero attached hydrogens (tertiary/aromatic N) is 1. The van der Waals surface area contributed by atoms with Gasteiger partial charge in [0.15, 0.2) is 0 Å². The molecule has 1 aromatic carbocycles. The molecule has 0 atom stereocenters. The van der Waals surface area contributed by atoms with Crippen molar-refractivity contribution >= 4 is 11.6 Å². The number of benzene rings is 1. The molecule has 0 N–H and O–H groups in total. The number of amides is 1. The van der Waals surface area contributed by atoms with Crippen LogP contribution in [-0.2, 0) is 11.2 Å². The van der Waals surface area contributed by atoms with Gasteiger partial charge in [-0.1, -0.05) is 13.8 Å². The van der Waals surface area contributed by atoms with Crippen molar-refractivity contribution in [2.24, 2.45) is 5.92 Å². The van der Waals surface area contributed by atoms with Crippen LogP contribution in [-0.4, -0.2) is 26.7 Å². The van der Waals surface area contributed by atoms with Crippen LogP contribution < -0.4 is 14.4 Å². The predicted octanol–water partition coefficient (Wildman–Crippen LogP) is 3.03. The van der Waals surface area contributed by atoms with Crippen molar-refractivity contribution < 1.29 is 14.3 Å². The number of fused-ring (bicyclic) bond motifs is 1. The molecule has 0 aliphatic carbocycles. The van der Waals surface area contributed by atoms with E-state index in [0.717, 1.165) is 42.1 Å². The van der Waals surface area contributed by atoms with Gasteiger partial charge in [0.2, 0.25) is 5.91 Å². The van der Waals surface area contributed by atoms with Gasteiger partial charge in [0, 0.05) is 30.7 Å². The fourth-order valence-corrected chi connectivity index (χ4v) is 2.65. The van der Waals surface area contributed by atoms with Crippen LogP contribution in [0.4, 0.5) is 5.69 Å². The van der Waals surface area contributed by atoms with Gasteiger partial charge < -0.3 is 14.4 Å². The van der Waals surface area contributed by atoms with Gasteiger partial charge in [-0.3, -0.25) is 4.79 Å². The van der Waals surface area contributed by atoms with Crippen molar-refractivity contribution in [1.29, 1.82) is 0 Å². The summed E-state index contributed by atoms with van der Waals surface area (Å²) in [6.07, 6.45) is 2.48. The number of rotatable bonds is 4. The summed E-state index contributed by atoms with van der Waals surface area (Å²) in [5.74, 6) is 2.07. The van der Waals surface area contributed by atoms with Crippen LogP contribution in [0.1, 0.15) is 32.3 Å². The van der Waals surface area contributed by atoms with E-state index in [9.17, 15) is 4.79 Å². The molecule has 0 saturated carbocycles. The molecule has 20 heavy (non-hydrogen) atoms. The maximum absolute atomic E-state index is 12.4. The zero-order valence-corrected chi connectivity index (χ0v) is 12.7. The van der Waals surface area contributed by atoms with E-state index in [2.05, 4.69) is 13.8 Å². The molecular weight excluding hydrogens is 254 g/mol. The lowest BCUT2D eigenvalue weighted by atomic mass is 9.99. The molecule has 0 fully saturated rings. The first kappa shape index (κ1) is 14.7. The third-order valence-electron chi connectivity index (χ3n) is 3.60. The molecule has 0 spiro atoms. The topological polar surface area (TPSA) is 38.8 Å². The number of ether oxygens (including phenoxy) is 2. The number of carbonyl (C=O) groups is 1. The van der Waals surface area contributed by atoms with Crippen LogP contribution in [0.2, 0.25) is 0 Å². The summed E-state index contributed by atoms with van der Waals surface area (Å²) in [5, 5.41) is 0. The summed E-state index contributed by atoms with van der Waals surface area (Å²) in [6.45, 7) is 4.90. The summed E-state index contributed by atoms with van der Waals surface area (Å²) in [5.41, 5.74) is 2.05. The van der Waals surface area contributed by atoms with Crippen molar-refractivity contribution in [3.8, 4) is 11.5 Å². The van der Waals surface area contributed by atoms with Crippen LogP contribution in [0.5, 0.6) is 11.5 Å². The fraction of sp³-hybridized carbons (Fsp3) is 0.562. The smallest absolute Gasteiger partial charge is 0.227 e. The molecule has 1 aromatic rings. The van der Waals surface area contributed by atoms with Crippen molar-refractivity contribution in [1.82, 2.24) is 0 Å². The Hall–Kier alpha value is -1.71. The summed E-state index contributed by atoms with van der Waals surface area (Å²) in [4.78, 5) is 14.3. The first-order chi connectivity index (χ1) is 9.56. The summed E-state index contributed by atoms with van der Waals surface area (Å²) >= 11 is 0. The standard InChI is InChI=1S/C16H23NO3/c1-11(2)8-16(18)17-7-5-6-13-14(17)9-12(19-3)10-15(13)20-4/h9-11H,5-8H2,1-4H3. The molecule has 0 radical (unpaired) electrons. The van der Waals surface area contributed by atoms with Gasteiger partial charge in [0.05, 0.1) is 19.9 Å². The Balaban J connectivity index is 2.41. The first-order valence-corrected chi connectivity index (χ1v) is 7.12. The lowest BCUT2D eigenvalue weighted by molar-refractivity contribution is -0.119. The van der Waals surface area contributed by atoms with Crippen molar-refractivity contribution in [2.45, 2.75) is 33.1 Å². The normalized spacial score (nSPS) is 14.2. The van der Waals surface area contributed by atoms with Crippen LogP contribution in [0.15, 0.2) is 12.1 Å². The SMILES string of the molecule is COc1cc(OC)c2c(c1)N(C(=O)CC(C)C)CCC2. The molecule has 0 saturated heterocycles. The van der Waals surface area contributed by atoms with Gasteiger partial charge in [0.1, 0.15) is 11.5 Å². The average Bonchev–Trinajstić information content (AvgIpc) is 2.44. The second-order valence-corrected chi connectivity index (χ2v) is 5.57. The molecule has 1 aliphatic rings. The second kappa shape index (κ2) is 6.16. The summed E-state index contributed by atoms with van der Waals surface area (Å²) < 4.78 is 10.8. The maximum atomic E-state index is 12.4. The monoisotopic (exact) mass is 277 g/mol. The van der Waals surface area contributed by atoms with Gasteiger partial charge in [-0.15, -0.1) is 0 Å². The van der Waals surface area contributed by atoms with Crippen molar-refractivity contribution in [2.75, 3.05) is 25.7 Å². The number of anilines is 1. The highest BCUT2D eigenvalue weighted by atomic mass is 16.5. The van der Waals surface area contributed by atoms with Crippen molar-refractivity contribution in [3.63, 3.8) is 0 Å². The Labute approximate surface area is 120 Å². The lowest BCUT2D eigenvalue weighted by Crippen LogP contribution is -2.36. The van der Waals surface area contributed by atoms with Crippen LogP contribution >= 0.6 is 0 Å². The third-order valence-corrected chi connectivity index (χ3v) is 3.60. The van der Waals surface area contributed by atoms with Gasteiger partial charge >= 0.3 is 0 Å². The Morgan fingerprint density at radius 3 is 2.65 bits per heavy atom. The Morgan fingerprint density at radius 2 is 2.05 bits per heavy atom. The minimum Gasteiger partial charge on any atom is -0.497 e. The molecule has 0 aromatic heterocycles. The van der Waals surface area contributed by atoms with E-state index >= 15 is 0 Å². The molecule has 0 unspecified atom stereocenters. The van der Waals surface area contributed by atoms with Crippen LogP contribution in [0.25, 0.3) is 0 Å². The van der Waals surface area contributed by atoms with E-state index in [0.29, 0.717) is 12.3 Å². The minimum absolute atomic E-state index is 0.177. The highest BCUT2D eigenvalue weighted by molar-refractivity contribution is 5.95. The predicted molar refractivity (Wildman–Crippen MR) is 79.7 cm³/mol. The molecule has 2 rings (SSSR count). The molecule has 4 nitrogen and oxygen atoms in total. The Bertz CT molecular complexity index is 497. The van der Waals surface area contributed by atoms with Crippen LogP contribution in [0, 0.1) is 5.92 Å². The number of carbonyl (C=O) groups excluding carboxylic acids is 1. The minimum atomic E-state index is 0.177. The highest BCUT2D eigenvalue weighted by Crippen LogP contribution is 2.38. The molecule has 4 heteroatoms. The molecular formula is C16H23NO3. The number of hydrogen-bond acceptors (Lipinski definition) is 3. The first-order valence-electron chi connectivity index (χ1n) is 7.12. The molecule has 110 valence electrons. The van der Waals surface area contributed by atoms with E-state index in [4.69, 9.17) is 9.47 Å². The number of methoxy groups -OCH3 is 2. The zero-order chi connectivity index (χ0) is 14.7. The molecule has 1 heterocycles. The quantitative estimate of drug-likeness (QED) is 0.849. The van der Waals surface area contributed by atoms with E-state index in [1.165, 1.54) is 0 Å². The van der Waals surface area contributed by atoms with Crippen LogP contribution in [0.3, 0.4) is 0 Å². The van der Waals surface area contributed by atoms with Gasteiger partial charge in [-0.2, -0.15) is 0 Å². The van der Waals surface area contributed by atoms with Crippen molar-refractivity contribution in [3.05, 3.63) is 17.7 Å². The van der Waals surface area contributed by atoms with E-state index in [1.807, 2.05) is 17.0 Å².